The molecule has 1 atom stereocenters. The summed E-state index contributed by atoms with van der Waals surface area (Å²) in [6.07, 6.45) is 4.15. The molecular formula is C20H29N5O2S. The van der Waals surface area contributed by atoms with Crippen LogP contribution < -0.4 is 10.6 Å². The Hall–Kier alpha value is -2.32. The number of thiophene rings is 1. The molecule has 3 heterocycles. The highest BCUT2D eigenvalue weighted by atomic mass is 32.1. The smallest absolute Gasteiger partial charge is 0.243 e. The van der Waals surface area contributed by atoms with Crippen LogP contribution in [-0.4, -0.2) is 61.9 Å². The number of aliphatic imine (C=N–C) groups is 1. The fourth-order valence-corrected chi connectivity index (χ4v) is 3.83. The minimum Gasteiger partial charge on any atom is -0.468 e. The van der Waals surface area contributed by atoms with Gasteiger partial charge in [0.2, 0.25) is 5.91 Å². The number of amides is 1. The Kier molecular flexibility index (Phi) is 7.50. The van der Waals surface area contributed by atoms with Gasteiger partial charge < -0.3 is 20.0 Å². The topological polar surface area (TPSA) is 73.1 Å². The quantitative estimate of drug-likeness (QED) is 0.523. The van der Waals surface area contributed by atoms with E-state index in [2.05, 4.69) is 32.0 Å². The van der Waals surface area contributed by atoms with Crippen molar-refractivity contribution >= 4 is 23.2 Å². The summed E-state index contributed by atoms with van der Waals surface area (Å²) in [5, 5.41) is 8.80. The lowest BCUT2D eigenvalue weighted by atomic mass is 10.2. The zero-order valence-electron chi connectivity index (χ0n) is 16.6. The molecule has 1 saturated heterocycles. The van der Waals surface area contributed by atoms with E-state index in [1.54, 1.807) is 36.6 Å². The van der Waals surface area contributed by atoms with Gasteiger partial charge in [0.25, 0.3) is 0 Å². The molecule has 0 aliphatic carbocycles. The van der Waals surface area contributed by atoms with Gasteiger partial charge in [-0.3, -0.25) is 9.69 Å². The third kappa shape index (κ3) is 5.84. The molecule has 152 valence electrons. The molecule has 0 spiro atoms. The zero-order valence-corrected chi connectivity index (χ0v) is 17.4. The van der Waals surface area contributed by atoms with Crippen LogP contribution in [0.1, 0.15) is 29.5 Å². The van der Waals surface area contributed by atoms with Crippen LogP contribution in [0.4, 0.5) is 0 Å². The maximum atomic E-state index is 12.0. The Morgan fingerprint density at radius 3 is 2.75 bits per heavy atom. The van der Waals surface area contributed by atoms with E-state index in [1.807, 2.05) is 18.2 Å². The van der Waals surface area contributed by atoms with Gasteiger partial charge in [0.1, 0.15) is 12.3 Å². The van der Waals surface area contributed by atoms with Crippen LogP contribution >= 0.6 is 11.3 Å². The fourth-order valence-electron chi connectivity index (χ4n) is 3.18. The van der Waals surface area contributed by atoms with Crippen molar-refractivity contribution in [1.82, 2.24) is 20.4 Å². The molecule has 2 aromatic rings. The van der Waals surface area contributed by atoms with Crippen molar-refractivity contribution in [3.05, 3.63) is 46.5 Å². The summed E-state index contributed by atoms with van der Waals surface area (Å²) in [7, 11) is 3.48. The number of rotatable bonds is 8. The average molecular weight is 404 g/mol. The number of hydrogen-bond acceptors (Lipinski definition) is 5. The molecule has 2 aromatic heterocycles. The second-order valence-electron chi connectivity index (χ2n) is 7.04. The van der Waals surface area contributed by atoms with Crippen molar-refractivity contribution in [2.75, 3.05) is 40.3 Å². The number of likely N-dealkylation sites (N-methyl/N-ethyl adjacent to an activating group) is 1. The third-order valence-electron chi connectivity index (χ3n) is 4.80. The molecule has 8 heteroatoms. The molecule has 0 radical (unpaired) electrons. The Labute approximate surface area is 170 Å². The SMILES string of the molecule is CN(C)C(=O)CN=C(NCc1cccs1)NCC(c1ccco1)N1CCCC1. The van der Waals surface area contributed by atoms with Crippen molar-refractivity contribution in [3.63, 3.8) is 0 Å². The highest BCUT2D eigenvalue weighted by Crippen LogP contribution is 2.24. The summed E-state index contributed by atoms with van der Waals surface area (Å²) in [4.78, 5) is 21.6. The largest absolute Gasteiger partial charge is 0.468 e. The van der Waals surface area contributed by atoms with Crippen LogP contribution in [0.25, 0.3) is 0 Å². The van der Waals surface area contributed by atoms with E-state index in [-0.39, 0.29) is 18.5 Å². The predicted octanol–water partition coefficient (Wildman–Crippen LogP) is 2.30. The highest BCUT2D eigenvalue weighted by Gasteiger charge is 2.25. The number of likely N-dealkylation sites (tertiary alicyclic amines) is 1. The molecule has 1 fully saturated rings. The van der Waals surface area contributed by atoms with Gasteiger partial charge in [0.05, 0.1) is 18.8 Å². The van der Waals surface area contributed by atoms with Crippen molar-refractivity contribution in [2.45, 2.75) is 25.4 Å². The third-order valence-corrected chi connectivity index (χ3v) is 5.67. The van der Waals surface area contributed by atoms with Gasteiger partial charge in [-0.2, -0.15) is 0 Å². The second-order valence-corrected chi connectivity index (χ2v) is 8.07. The van der Waals surface area contributed by atoms with E-state index in [0.717, 1.165) is 18.8 Å². The molecule has 0 bridgehead atoms. The summed E-state index contributed by atoms with van der Waals surface area (Å²) in [6.45, 7) is 3.60. The number of nitrogens with one attached hydrogen (secondary N) is 2. The second kappa shape index (κ2) is 10.3. The monoisotopic (exact) mass is 403 g/mol. The van der Waals surface area contributed by atoms with Gasteiger partial charge in [0, 0.05) is 25.5 Å². The molecule has 0 aromatic carbocycles. The van der Waals surface area contributed by atoms with Crippen LogP contribution in [0, 0.1) is 0 Å². The minimum atomic E-state index is -0.0284. The summed E-state index contributed by atoms with van der Waals surface area (Å²) in [6, 6.07) is 8.21. The number of guanidine groups is 1. The summed E-state index contributed by atoms with van der Waals surface area (Å²) in [5.41, 5.74) is 0. The van der Waals surface area contributed by atoms with E-state index in [9.17, 15) is 4.79 Å². The Morgan fingerprint density at radius 2 is 2.11 bits per heavy atom. The normalized spacial score (nSPS) is 16.1. The van der Waals surface area contributed by atoms with Crippen molar-refractivity contribution in [2.24, 2.45) is 4.99 Å². The van der Waals surface area contributed by atoms with Gasteiger partial charge in [-0.1, -0.05) is 6.07 Å². The molecule has 7 nitrogen and oxygen atoms in total. The van der Waals surface area contributed by atoms with Crippen molar-refractivity contribution < 1.29 is 9.21 Å². The first-order chi connectivity index (χ1) is 13.6. The van der Waals surface area contributed by atoms with Crippen molar-refractivity contribution in [3.8, 4) is 0 Å². The molecular weight excluding hydrogens is 374 g/mol. The molecule has 1 amide bonds. The first-order valence-corrected chi connectivity index (χ1v) is 10.5. The lowest BCUT2D eigenvalue weighted by Crippen LogP contribution is -2.43. The standard InChI is InChI=1S/C20H29N5O2S/c1-24(2)19(26)15-23-20(21-13-16-7-6-12-28-16)22-14-17(18-8-5-11-27-18)25-9-3-4-10-25/h5-8,11-12,17H,3-4,9-10,13-15H2,1-2H3,(H2,21,22,23). The van der Waals surface area contributed by atoms with Gasteiger partial charge in [-0.25, -0.2) is 4.99 Å². The average Bonchev–Trinajstić information content (AvgIpc) is 3.46. The van der Waals surface area contributed by atoms with Gasteiger partial charge in [-0.15, -0.1) is 11.3 Å². The van der Waals surface area contributed by atoms with Crippen LogP contribution in [0.3, 0.4) is 0 Å². The van der Waals surface area contributed by atoms with Crippen LogP contribution in [-0.2, 0) is 11.3 Å². The molecule has 1 aliphatic heterocycles. The van der Waals surface area contributed by atoms with Gasteiger partial charge >= 0.3 is 0 Å². The predicted molar refractivity (Wildman–Crippen MR) is 112 cm³/mol. The van der Waals surface area contributed by atoms with E-state index in [0.29, 0.717) is 19.0 Å². The zero-order chi connectivity index (χ0) is 19.8. The minimum absolute atomic E-state index is 0.0284. The van der Waals surface area contributed by atoms with E-state index in [4.69, 9.17) is 4.42 Å². The highest BCUT2D eigenvalue weighted by molar-refractivity contribution is 7.09. The van der Waals surface area contributed by atoms with Gasteiger partial charge in [-0.05, 0) is 49.5 Å². The molecule has 1 unspecified atom stereocenters. The maximum absolute atomic E-state index is 12.0. The van der Waals surface area contributed by atoms with Crippen LogP contribution in [0.2, 0.25) is 0 Å². The molecule has 3 rings (SSSR count). The van der Waals surface area contributed by atoms with Crippen LogP contribution in [0.5, 0.6) is 0 Å². The Bertz CT molecular complexity index is 737. The van der Waals surface area contributed by atoms with E-state index in [1.165, 1.54) is 17.7 Å². The number of carbonyl (C=O) groups is 1. The number of nitrogens with zero attached hydrogens (tertiary/aromatic N) is 3. The summed E-state index contributed by atoms with van der Waals surface area (Å²) < 4.78 is 5.69. The Balaban J connectivity index is 1.65. The van der Waals surface area contributed by atoms with E-state index < -0.39 is 0 Å². The molecule has 1 aliphatic rings. The first-order valence-electron chi connectivity index (χ1n) is 9.65. The van der Waals surface area contributed by atoms with Crippen molar-refractivity contribution in [1.29, 1.82) is 0 Å². The molecule has 28 heavy (non-hydrogen) atoms. The fraction of sp³-hybridized carbons (Fsp3) is 0.500. The lowest BCUT2D eigenvalue weighted by Gasteiger charge is -2.26. The lowest BCUT2D eigenvalue weighted by molar-refractivity contribution is -0.127. The molecule has 0 saturated carbocycles. The molecule has 2 N–H and O–H groups in total. The number of furan rings is 1. The van der Waals surface area contributed by atoms with Gasteiger partial charge in [0.15, 0.2) is 5.96 Å². The maximum Gasteiger partial charge on any atom is 0.243 e. The first kappa shape index (κ1) is 20.4. The summed E-state index contributed by atoms with van der Waals surface area (Å²) in [5.74, 6) is 1.56. The number of carbonyl (C=O) groups excluding carboxylic acids is 1. The summed E-state index contributed by atoms with van der Waals surface area (Å²) >= 11 is 1.69. The number of hydrogen-bond donors (Lipinski definition) is 2. The van der Waals surface area contributed by atoms with Crippen LogP contribution in [0.15, 0.2) is 45.3 Å². The van der Waals surface area contributed by atoms with E-state index >= 15 is 0 Å². The Morgan fingerprint density at radius 1 is 1.29 bits per heavy atom.